The number of aryl methyl sites for hydroxylation is 1. The molecule has 1 N–H and O–H groups in total. The minimum atomic E-state index is 0.199. The summed E-state index contributed by atoms with van der Waals surface area (Å²) in [5, 5.41) is 9.78. The fourth-order valence-corrected chi connectivity index (χ4v) is 4.82. The Morgan fingerprint density at radius 2 is 1.80 bits per heavy atom. The molecule has 0 spiro atoms. The Morgan fingerprint density at radius 1 is 1.03 bits per heavy atom. The summed E-state index contributed by atoms with van der Waals surface area (Å²) in [4.78, 5) is 0. The van der Waals surface area contributed by atoms with Gasteiger partial charge in [0.1, 0.15) is 5.75 Å². The summed E-state index contributed by atoms with van der Waals surface area (Å²) in [7, 11) is 0. The van der Waals surface area contributed by atoms with E-state index in [2.05, 4.69) is 64.1 Å². The molecule has 30 heavy (non-hydrogen) atoms. The van der Waals surface area contributed by atoms with Crippen LogP contribution in [-0.4, -0.2) is 5.11 Å². The van der Waals surface area contributed by atoms with Crippen LogP contribution in [0.1, 0.15) is 82.9 Å². The van der Waals surface area contributed by atoms with Crippen LogP contribution >= 0.6 is 0 Å². The van der Waals surface area contributed by atoms with Gasteiger partial charge in [0.15, 0.2) is 0 Å². The van der Waals surface area contributed by atoms with Gasteiger partial charge >= 0.3 is 0 Å². The SMILES string of the molecule is CC1CCCC1CCC=C(CCc1cccc(O)c1)Cc1ccc(C(C)(C)C)cc1. The molecule has 3 rings (SSSR count). The van der Waals surface area contributed by atoms with Crippen molar-refractivity contribution in [3.63, 3.8) is 0 Å². The second kappa shape index (κ2) is 10.3. The van der Waals surface area contributed by atoms with Gasteiger partial charge in [0.05, 0.1) is 0 Å². The molecule has 1 nitrogen and oxygen atoms in total. The third-order valence-electron chi connectivity index (χ3n) is 6.91. The molecule has 1 saturated carbocycles. The molecule has 1 fully saturated rings. The first-order valence-electron chi connectivity index (χ1n) is 11.9. The summed E-state index contributed by atoms with van der Waals surface area (Å²) in [5.74, 6) is 2.18. The molecule has 2 aromatic carbocycles. The number of rotatable bonds is 8. The predicted octanol–water partition coefficient (Wildman–Crippen LogP) is 8.01. The van der Waals surface area contributed by atoms with Crippen LogP contribution in [0.2, 0.25) is 0 Å². The van der Waals surface area contributed by atoms with Gasteiger partial charge in [-0.2, -0.15) is 0 Å². The number of hydrogen-bond acceptors (Lipinski definition) is 1. The van der Waals surface area contributed by atoms with Crippen molar-refractivity contribution in [2.24, 2.45) is 11.8 Å². The molecular formula is C29H40O. The Bertz CT molecular complexity index is 822. The summed E-state index contributed by atoms with van der Waals surface area (Å²) >= 11 is 0. The van der Waals surface area contributed by atoms with E-state index in [0.717, 1.165) is 31.1 Å². The highest BCUT2D eigenvalue weighted by Gasteiger charge is 2.22. The smallest absolute Gasteiger partial charge is 0.115 e. The van der Waals surface area contributed by atoms with Gasteiger partial charge in [-0.1, -0.05) is 95.0 Å². The average Bonchev–Trinajstić information content (AvgIpc) is 3.10. The fourth-order valence-electron chi connectivity index (χ4n) is 4.82. The maximum absolute atomic E-state index is 9.78. The lowest BCUT2D eigenvalue weighted by Crippen LogP contribution is -2.10. The maximum atomic E-state index is 9.78. The van der Waals surface area contributed by atoms with Crippen molar-refractivity contribution in [2.75, 3.05) is 0 Å². The summed E-state index contributed by atoms with van der Waals surface area (Å²) in [6.07, 6.45) is 12.4. The fraction of sp³-hybridized carbons (Fsp3) is 0.517. The largest absolute Gasteiger partial charge is 0.508 e. The van der Waals surface area contributed by atoms with Gasteiger partial charge in [0.25, 0.3) is 0 Å². The summed E-state index contributed by atoms with van der Waals surface area (Å²) in [6, 6.07) is 16.9. The molecule has 1 aliphatic rings. The third-order valence-corrected chi connectivity index (χ3v) is 6.91. The molecule has 0 radical (unpaired) electrons. The molecule has 2 unspecified atom stereocenters. The predicted molar refractivity (Wildman–Crippen MR) is 129 cm³/mol. The Kier molecular flexibility index (Phi) is 7.81. The van der Waals surface area contributed by atoms with Gasteiger partial charge in [0, 0.05) is 0 Å². The van der Waals surface area contributed by atoms with Crippen LogP contribution in [-0.2, 0) is 18.3 Å². The summed E-state index contributed by atoms with van der Waals surface area (Å²) in [5.41, 5.74) is 5.75. The number of phenols is 1. The molecule has 1 aliphatic carbocycles. The topological polar surface area (TPSA) is 20.2 Å². The highest BCUT2D eigenvalue weighted by atomic mass is 16.3. The van der Waals surface area contributed by atoms with E-state index in [4.69, 9.17) is 0 Å². The van der Waals surface area contributed by atoms with E-state index in [1.54, 1.807) is 6.07 Å². The van der Waals surface area contributed by atoms with Crippen molar-refractivity contribution < 1.29 is 5.11 Å². The van der Waals surface area contributed by atoms with Crippen molar-refractivity contribution in [1.82, 2.24) is 0 Å². The second-order valence-corrected chi connectivity index (χ2v) is 10.4. The number of phenolic OH excluding ortho intramolecular Hbond substituents is 1. The highest BCUT2D eigenvalue weighted by Crippen LogP contribution is 2.34. The first kappa shape index (κ1) is 22.7. The van der Waals surface area contributed by atoms with E-state index in [-0.39, 0.29) is 5.41 Å². The van der Waals surface area contributed by atoms with Crippen molar-refractivity contribution in [3.8, 4) is 5.75 Å². The molecule has 0 saturated heterocycles. The third kappa shape index (κ3) is 6.76. The number of allylic oxidation sites excluding steroid dienone is 2. The first-order valence-corrected chi connectivity index (χ1v) is 11.9. The first-order chi connectivity index (χ1) is 14.3. The molecular weight excluding hydrogens is 364 g/mol. The quantitative estimate of drug-likeness (QED) is 0.442. The van der Waals surface area contributed by atoms with Crippen molar-refractivity contribution in [1.29, 1.82) is 0 Å². The van der Waals surface area contributed by atoms with Crippen LogP contribution in [0, 0.1) is 11.8 Å². The Balaban J connectivity index is 1.66. The molecule has 0 aromatic heterocycles. The molecule has 162 valence electrons. The lowest BCUT2D eigenvalue weighted by molar-refractivity contribution is 0.394. The van der Waals surface area contributed by atoms with Crippen molar-refractivity contribution in [2.45, 2.75) is 84.5 Å². The van der Waals surface area contributed by atoms with Crippen LogP contribution in [0.5, 0.6) is 5.75 Å². The number of benzene rings is 2. The summed E-state index contributed by atoms with van der Waals surface area (Å²) < 4.78 is 0. The van der Waals surface area contributed by atoms with Gasteiger partial charge in [-0.15, -0.1) is 0 Å². The van der Waals surface area contributed by atoms with E-state index in [0.29, 0.717) is 5.75 Å². The number of aromatic hydroxyl groups is 1. The lowest BCUT2D eigenvalue weighted by Gasteiger charge is -2.19. The monoisotopic (exact) mass is 404 g/mol. The van der Waals surface area contributed by atoms with Gasteiger partial charge < -0.3 is 5.11 Å². The Hall–Kier alpha value is -2.02. The zero-order chi connectivity index (χ0) is 21.6. The lowest BCUT2D eigenvalue weighted by atomic mass is 9.86. The van der Waals surface area contributed by atoms with Crippen LogP contribution < -0.4 is 0 Å². The van der Waals surface area contributed by atoms with E-state index in [1.165, 1.54) is 54.4 Å². The van der Waals surface area contributed by atoms with Crippen LogP contribution in [0.3, 0.4) is 0 Å². The zero-order valence-corrected chi connectivity index (χ0v) is 19.5. The van der Waals surface area contributed by atoms with E-state index < -0.39 is 0 Å². The van der Waals surface area contributed by atoms with Crippen molar-refractivity contribution >= 4 is 0 Å². The molecule has 0 heterocycles. The average molecular weight is 405 g/mol. The molecule has 0 bridgehead atoms. The Labute approximate surface area is 184 Å². The van der Waals surface area contributed by atoms with Gasteiger partial charge in [-0.3, -0.25) is 0 Å². The number of hydrogen-bond donors (Lipinski definition) is 1. The minimum absolute atomic E-state index is 0.199. The molecule has 2 atom stereocenters. The zero-order valence-electron chi connectivity index (χ0n) is 19.5. The van der Waals surface area contributed by atoms with Crippen LogP contribution in [0.25, 0.3) is 0 Å². The van der Waals surface area contributed by atoms with E-state index >= 15 is 0 Å². The standard InChI is InChI=1S/C29H40O/c1-22-8-5-11-26(22)12-6-9-23(14-15-24-10-7-13-28(30)21-24)20-25-16-18-27(19-17-25)29(2,3)4/h7,9-10,13,16-19,21-22,26,30H,5-6,8,11-12,14-15,20H2,1-4H3. The van der Waals surface area contributed by atoms with E-state index in [9.17, 15) is 5.11 Å². The Morgan fingerprint density at radius 3 is 2.43 bits per heavy atom. The maximum Gasteiger partial charge on any atom is 0.115 e. The van der Waals surface area contributed by atoms with Crippen LogP contribution in [0.4, 0.5) is 0 Å². The molecule has 1 heteroatoms. The van der Waals surface area contributed by atoms with Crippen LogP contribution in [0.15, 0.2) is 60.2 Å². The van der Waals surface area contributed by atoms with Crippen molar-refractivity contribution in [3.05, 3.63) is 76.9 Å². The van der Waals surface area contributed by atoms with Gasteiger partial charge in [0.2, 0.25) is 0 Å². The van der Waals surface area contributed by atoms with Gasteiger partial charge in [-0.25, -0.2) is 0 Å². The van der Waals surface area contributed by atoms with E-state index in [1.807, 2.05) is 12.1 Å². The minimum Gasteiger partial charge on any atom is -0.508 e. The molecule has 0 aliphatic heterocycles. The molecule has 0 amide bonds. The highest BCUT2D eigenvalue weighted by molar-refractivity contribution is 5.31. The normalized spacial score (nSPS) is 19.9. The molecule has 2 aromatic rings. The van der Waals surface area contributed by atoms with Gasteiger partial charge in [-0.05, 0) is 78.2 Å². The second-order valence-electron chi connectivity index (χ2n) is 10.4. The summed E-state index contributed by atoms with van der Waals surface area (Å²) in [6.45, 7) is 9.24.